The maximum absolute atomic E-state index is 13.8. The zero-order chi connectivity index (χ0) is 43.3. The molecular weight excluding hydrogens is 805 g/mol. The summed E-state index contributed by atoms with van der Waals surface area (Å²) in [6, 6.07) is 26.7. The van der Waals surface area contributed by atoms with E-state index in [0.717, 1.165) is 54.1 Å². The van der Waals surface area contributed by atoms with Crippen LogP contribution in [0.15, 0.2) is 127 Å². The van der Waals surface area contributed by atoms with E-state index in [4.69, 9.17) is 0 Å². The van der Waals surface area contributed by atoms with E-state index in [1.807, 2.05) is 32.9 Å². The molecule has 0 aliphatic heterocycles. The Balaban J connectivity index is 1.57. The quantitative estimate of drug-likeness (QED) is 0.122. The van der Waals surface area contributed by atoms with Gasteiger partial charge in [-0.3, -0.25) is 0 Å². The van der Waals surface area contributed by atoms with Crippen LogP contribution in [-0.4, -0.2) is 0 Å². The Morgan fingerprint density at radius 2 is 0.483 bits per heavy atom. The summed E-state index contributed by atoms with van der Waals surface area (Å²) in [7, 11) is 0. The predicted molar refractivity (Wildman–Crippen MR) is 211 cm³/mol. The molecule has 0 bridgehead atoms. The van der Waals surface area contributed by atoms with Crippen LogP contribution in [0.4, 0.5) is 52.7 Å². The van der Waals surface area contributed by atoms with Crippen molar-refractivity contribution in [2.75, 3.05) is 0 Å². The largest absolute Gasteiger partial charge is 0.416 e. The minimum Gasteiger partial charge on any atom is -0.166 e. The van der Waals surface area contributed by atoms with Crippen molar-refractivity contribution in [1.29, 1.82) is 0 Å². The fraction of sp³-hybridized carbons (Fsp3) is 0.167. The van der Waals surface area contributed by atoms with E-state index in [1.165, 1.54) is 48.5 Å². The van der Waals surface area contributed by atoms with Crippen molar-refractivity contribution < 1.29 is 52.7 Å². The molecular formula is C48H30F12. The predicted octanol–water partition coefficient (Wildman–Crippen LogP) is 16.6. The highest BCUT2D eigenvalue weighted by molar-refractivity contribution is 6.33. The molecule has 12 heteroatoms. The van der Waals surface area contributed by atoms with Gasteiger partial charge in [0.15, 0.2) is 0 Å². The highest BCUT2D eigenvalue weighted by Gasteiger charge is 2.34. The van der Waals surface area contributed by atoms with Crippen molar-refractivity contribution in [3.05, 3.63) is 155 Å². The molecule has 0 saturated heterocycles. The van der Waals surface area contributed by atoms with Gasteiger partial charge in [0.2, 0.25) is 0 Å². The molecule has 60 heavy (non-hydrogen) atoms. The molecule has 0 unspecified atom stereocenters. The number of hydrogen-bond donors (Lipinski definition) is 0. The van der Waals surface area contributed by atoms with E-state index in [0.29, 0.717) is 76.8 Å². The summed E-state index contributed by atoms with van der Waals surface area (Å²) in [6.45, 7) is 5.84. The summed E-state index contributed by atoms with van der Waals surface area (Å²) < 4.78 is 165. The van der Waals surface area contributed by atoms with Crippen LogP contribution in [0.3, 0.4) is 0 Å². The maximum Gasteiger partial charge on any atom is 0.416 e. The first kappa shape index (κ1) is 40.7. The zero-order valence-corrected chi connectivity index (χ0v) is 31.7. The van der Waals surface area contributed by atoms with Gasteiger partial charge < -0.3 is 0 Å². The van der Waals surface area contributed by atoms with Crippen molar-refractivity contribution in [3.8, 4) is 44.5 Å². The fourth-order valence-electron chi connectivity index (χ4n) is 7.81. The Kier molecular flexibility index (Phi) is 9.34. The molecule has 306 valence electrons. The second-order valence-corrected chi connectivity index (χ2v) is 15.8. The smallest absolute Gasteiger partial charge is 0.166 e. The first-order valence-corrected chi connectivity index (χ1v) is 18.4. The Morgan fingerprint density at radius 3 is 0.700 bits per heavy atom. The Bertz CT molecular complexity index is 2700. The van der Waals surface area contributed by atoms with Crippen molar-refractivity contribution in [2.24, 2.45) is 0 Å². The average Bonchev–Trinajstić information content (AvgIpc) is 3.17. The summed E-state index contributed by atoms with van der Waals surface area (Å²) in [5, 5.41) is 3.15. The van der Waals surface area contributed by atoms with Crippen molar-refractivity contribution >= 4 is 32.3 Å². The summed E-state index contributed by atoms with van der Waals surface area (Å²) >= 11 is 0. The zero-order valence-electron chi connectivity index (χ0n) is 31.7. The Labute approximate surface area is 335 Å². The standard InChI is InChI=1S/C48H30F12/c1-44(2,3)33-20-38-36(27-8-16-31(17-9-27)47(55,56)57)23-40-34(25-4-12-29(13-5-25)45(49,50)51)22-35(26-6-14-30(15-7-26)46(52,53)54)41-24-37(39(21-33)42(38)43(40)41)28-10-18-32(19-11-28)48(58,59)60/h4-24H,1-3H3. The second-order valence-electron chi connectivity index (χ2n) is 15.8. The van der Waals surface area contributed by atoms with Gasteiger partial charge in [-0.2, -0.15) is 52.7 Å². The van der Waals surface area contributed by atoms with Crippen LogP contribution in [0.2, 0.25) is 0 Å². The van der Waals surface area contributed by atoms with E-state index in [9.17, 15) is 52.7 Å². The van der Waals surface area contributed by atoms with E-state index in [-0.39, 0.29) is 0 Å². The lowest BCUT2D eigenvalue weighted by atomic mass is 9.77. The third-order valence-electron chi connectivity index (χ3n) is 10.9. The molecule has 0 nitrogen and oxygen atoms in total. The average molecular weight is 835 g/mol. The van der Waals surface area contributed by atoms with Gasteiger partial charge in [-0.25, -0.2) is 0 Å². The summed E-state index contributed by atoms with van der Waals surface area (Å²) in [6.07, 6.45) is -18.6. The molecule has 8 aromatic carbocycles. The second kappa shape index (κ2) is 13.8. The molecule has 0 amide bonds. The number of benzene rings is 8. The van der Waals surface area contributed by atoms with Crippen LogP contribution in [0.25, 0.3) is 76.8 Å². The third-order valence-corrected chi connectivity index (χ3v) is 10.9. The lowest BCUT2D eigenvalue weighted by Gasteiger charge is -2.26. The molecule has 0 aliphatic carbocycles. The van der Waals surface area contributed by atoms with E-state index in [1.54, 1.807) is 18.2 Å². The van der Waals surface area contributed by atoms with Crippen LogP contribution in [0, 0.1) is 0 Å². The van der Waals surface area contributed by atoms with Gasteiger partial charge in [-0.1, -0.05) is 69.3 Å². The van der Waals surface area contributed by atoms with E-state index in [2.05, 4.69) is 0 Å². The monoisotopic (exact) mass is 834 g/mol. The molecule has 0 fully saturated rings. The van der Waals surface area contributed by atoms with Crippen LogP contribution in [0.5, 0.6) is 0 Å². The molecule has 0 saturated carbocycles. The number of rotatable bonds is 4. The lowest BCUT2D eigenvalue weighted by Crippen LogP contribution is -2.11. The first-order chi connectivity index (χ1) is 27.9. The van der Waals surface area contributed by atoms with E-state index < -0.39 is 52.4 Å². The molecule has 0 radical (unpaired) electrons. The molecule has 0 spiro atoms. The van der Waals surface area contributed by atoms with Gasteiger partial charge in [0.25, 0.3) is 0 Å². The Morgan fingerprint density at radius 1 is 0.267 bits per heavy atom. The van der Waals surface area contributed by atoms with Crippen molar-refractivity contribution in [2.45, 2.75) is 50.9 Å². The van der Waals surface area contributed by atoms with Crippen LogP contribution < -0.4 is 0 Å². The highest BCUT2D eigenvalue weighted by Crippen LogP contribution is 2.51. The number of hydrogen-bond acceptors (Lipinski definition) is 0. The van der Waals surface area contributed by atoms with Gasteiger partial charge >= 0.3 is 24.7 Å². The molecule has 0 aliphatic rings. The normalized spacial score (nSPS) is 13.2. The van der Waals surface area contributed by atoms with Gasteiger partial charge in [-0.05, 0) is 167 Å². The summed E-state index contributed by atoms with van der Waals surface area (Å²) in [4.78, 5) is 0. The van der Waals surface area contributed by atoms with E-state index >= 15 is 0 Å². The number of halogens is 12. The maximum atomic E-state index is 13.8. The van der Waals surface area contributed by atoms with Crippen LogP contribution >= 0.6 is 0 Å². The molecule has 0 N–H and O–H groups in total. The molecule has 0 aromatic heterocycles. The summed E-state index contributed by atoms with van der Waals surface area (Å²) in [5.74, 6) is 0. The van der Waals surface area contributed by atoms with Crippen molar-refractivity contribution in [3.63, 3.8) is 0 Å². The minimum absolute atomic E-state index is 0.311. The minimum atomic E-state index is -4.66. The first-order valence-electron chi connectivity index (χ1n) is 18.4. The fourth-order valence-corrected chi connectivity index (χ4v) is 7.81. The van der Waals surface area contributed by atoms with Crippen LogP contribution in [-0.2, 0) is 30.1 Å². The highest BCUT2D eigenvalue weighted by atomic mass is 19.4. The van der Waals surface area contributed by atoms with Gasteiger partial charge in [0.05, 0.1) is 22.3 Å². The number of alkyl halides is 12. The summed E-state index contributed by atoms with van der Waals surface area (Å²) in [5.41, 5.74) is -0.324. The Hall–Kier alpha value is -6.04. The third kappa shape index (κ3) is 7.30. The van der Waals surface area contributed by atoms with Gasteiger partial charge in [0.1, 0.15) is 0 Å². The van der Waals surface area contributed by atoms with Gasteiger partial charge in [-0.15, -0.1) is 0 Å². The van der Waals surface area contributed by atoms with Gasteiger partial charge in [0, 0.05) is 0 Å². The van der Waals surface area contributed by atoms with Crippen molar-refractivity contribution in [1.82, 2.24) is 0 Å². The molecule has 8 aromatic rings. The lowest BCUT2D eigenvalue weighted by molar-refractivity contribution is -0.138. The SMILES string of the molecule is CC(C)(C)c1cc2c(-c3ccc(C(F)(F)F)cc3)cc3c(-c4ccc(C(F)(F)F)cc4)cc(-c4ccc(C(F)(F)F)cc4)c4cc(-c5ccc(C(F)(F)F)cc5)c(c1)c2c34. The van der Waals surface area contributed by atoms with Crippen LogP contribution in [0.1, 0.15) is 48.6 Å². The molecule has 8 rings (SSSR count). The topological polar surface area (TPSA) is 0 Å². The molecule has 0 heterocycles. The molecule has 0 atom stereocenters.